The van der Waals surface area contributed by atoms with E-state index in [0.717, 1.165) is 38.6 Å². The van der Waals surface area contributed by atoms with Gasteiger partial charge >= 0.3 is 0 Å². The van der Waals surface area contributed by atoms with Gasteiger partial charge in [-0.05, 0) is 12.8 Å². The summed E-state index contributed by atoms with van der Waals surface area (Å²) in [5.74, 6) is 0.885. The zero-order valence-electron chi connectivity index (χ0n) is 9.59. The molecule has 1 fully saturated rings. The smallest absolute Gasteiger partial charge is 0.192 e. The van der Waals surface area contributed by atoms with Crippen LogP contribution in [0.4, 0.5) is 0 Å². The second kappa shape index (κ2) is 6.18. The van der Waals surface area contributed by atoms with Crippen LogP contribution >= 0.6 is 0 Å². The molecule has 1 unspecified atom stereocenters. The summed E-state index contributed by atoms with van der Waals surface area (Å²) in [7, 11) is 0. The molecule has 0 aromatic rings. The van der Waals surface area contributed by atoms with Crippen molar-refractivity contribution in [2.75, 3.05) is 6.54 Å². The zero-order chi connectivity index (χ0) is 10.4. The lowest BCUT2D eigenvalue weighted by molar-refractivity contribution is -0.657. The van der Waals surface area contributed by atoms with Gasteiger partial charge in [0.15, 0.2) is 5.78 Å². The topological polar surface area (TPSA) is 33.7 Å². The molecule has 1 rings (SSSR count). The van der Waals surface area contributed by atoms with Crippen LogP contribution in [-0.2, 0) is 4.79 Å². The average Bonchev–Trinajstić information content (AvgIpc) is 2.69. The van der Waals surface area contributed by atoms with Crippen LogP contribution < -0.4 is 5.32 Å². The second-order valence-electron chi connectivity index (χ2n) is 4.45. The van der Waals surface area contributed by atoms with Gasteiger partial charge < -0.3 is 5.32 Å². The lowest BCUT2D eigenvalue weighted by atomic mass is 9.89. The van der Waals surface area contributed by atoms with E-state index in [4.69, 9.17) is 0 Å². The third kappa shape index (κ3) is 3.09. The molecule has 0 spiro atoms. The first-order valence-corrected chi connectivity index (χ1v) is 6.16. The van der Waals surface area contributed by atoms with E-state index >= 15 is 0 Å². The molecule has 1 aliphatic rings. The third-order valence-corrected chi connectivity index (χ3v) is 3.21. The van der Waals surface area contributed by atoms with E-state index in [2.05, 4.69) is 19.2 Å². The van der Waals surface area contributed by atoms with Crippen LogP contribution in [0.25, 0.3) is 0 Å². The highest BCUT2D eigenvalue weighted by Crippen LogP contribution is 2.17. The molecule has 0 aromatic heterocycles. The molecule has 2 heteroatoms. The van der Waals surface area contributed by atoms with Crippen molar-refractivity contribution >= 4 is 5.78 Å². The number of ketones is 1. The molecular weight excluding hydrogens is 174 g/mol. The van der Waals surface area contributed by atoms with E-state index in [0.29, 0.717) is 17.7 Å². The zero-order valence-corrected chi connectivity index (χ0v) is 9.59. The Kier molecular flexibility index (Phi) is 5.16. The van der Waals surface area contributed by atoms with Crippen LogP contribution in [0.3, 0.4) is 0 Å². The van der Waals surface area contributed by atoms with Crippen molar-refractivity contribution in [3.63, 3.8) is 0 Å². The van der Waals surface area contributed by atoms with Crippen molar-refractivity contribution in [3.05, 3.63) is 0 Å². The number of carbonyl (C=O) groups is 1. The lowest BCUT2D eigenvalue weighted by Gasteiger charge is -2.16. The Bertz CT molecular complexity index is 167. The Hall–Kier alpha value is -0.370. The van der Waals surface area contributed by atoms with Crippen molar-refractivity contribution in [1.29, 1.82) is 0 Å². The van der Waals surface area contributed by atoms with Crippen molar-refractivity contribution in [1.82, 2.24) is 0 Å². The molecule has 1 atom stereocenters. The quantitative estimate of drug-likeness (QED) is 0.689. The van der Waals surface area contributed by atoms with Gasteiger partial charge in [-0.25, -0.2) is 0 Å². The van der Waals surface area contributed by atoms with Crippen LogP contribution in [-0.4, -0.2) is 18.4 Å². The maximum Gasteiger partial charge on any atom is 0.192 e. The summed E-state index contributed by atoms with van der Waals surface area (Å²) in [4.78, 5) is 12.1. The highest BCUT2D eigenvalue weighted by Gasteiger charge is 2.30. The molecule has 1 aliphatic heterocycles. The predicted molar refractivity (Wildman–Crippen MR) is 58.1 cm³/mol. The normalized spacial score (nSPS) is 21.8. The molecule has 0 aromatic carbocycles. The molecule has 1 heterocycles. The molecular formula is C12H24NO+. The van der Waals surface area contributed by atoms with Crippen LogP contribution in [0.15, 0.2) is 0 Å². The van der Waals surface area contributed by atoms with Crippen LogP contribution in [0.5, 0.6) is 0 Å². The van der Waals surface area contributed by atoms with Gasteiger partial charge in [-0.15, -0.1) is 0 Å². The minimum atomic E-state index is 0.304. The van der Waals surface area contributed by atoms with E-state index < -0.39 is 0 Å². The number of Topliss-reactive ketones (excluding diaryl/α,β-unsaturated/α-hetero) is 1. The molecule has 0 amide bonds. The minimum absolute atomic E-state index is 0.304. The summed E-state index contributed by atoms with van der Waals surface area (Å²) in [6.45, 7) is 5.50. The number of carbonyl (C=O) groups excluding carboxylic acids is 1. The Morgan fingerprint density at radius 3 is 2.43 bits per heavy atom. The standard InChI is InChI=1S/C12H23NO/c1-3-6-10(7-4-2)12(14)11-8-5-9-13-11/h10-11,13H,3-9H2,1-2H3/p+1. The number of hydrogen-bond donors (Lipinski definition) is 1. The van der Waals surface area contributed by atoms with Gasteiger partial charge in [0.25, 0.3) is 0 Å². The third-order valence-electron chi connectivity index (χ3n) is 3.21. The fraction of sp³-hybridized carbons (Fsp3) is 0.917. The van der Waals surface area contributed by atoms with Gasteiger partial charge in [0.05, 0.1) is 6.54 Å². The summed E-state index contributed by atoms with van der Waals surface area (Å²) >= 11 is 0. The van der Waals surface area contributed by atoms with E-state index in [1.165, 1.54) is 6.42 Å². The molecule has 2 nitrogen and oxygen atoms in total. The lowest BCUT2D eigenvalue weighted by Crippen LogP contribution is -2.88. The maximum atomic E-state index is 12.1. The minimum Gasteiger partial charge on any atom is -0.338 e. The Morgan fingerprint density at radius 1 is 1.36 bits per heavy atom. The first-order valence-electron chi connectivity index (χ1n) is 6.16. The summed E-state index contributed by atoms with van der Waals surface area (Å²) in [5, 5.41) is 2.24. The van der Waals surface area contributed by atoms with Gasteiger partial charge in [-0.2, -0.15) is 0 Å². The van der Waals surface area contributed by atoms with Gasteiger partial charge in [-0.1, -0.05) is 26.7 Å². The SMILES string of the molecule is CCCC(CCC)C(=O)C1CCC[NH2+]1. The molecule has 82 valence electrons. The Balaban J connectivity index is 2.43. The average molecular weight is 198 g/mol. The molecule has 14 heavy (non-hydrogen) atoms. The fourth-order valence-electron chi connectivity index (χ4n) is 2.46. The maximum absolute atomic E-state index is 12.1. The molecule has 0 bridgehead atoms. The van der Waals surface area contributed by atoms with E-state index in [1.807, 2.05) is 0 Å². The van der Waals surface area contributed by atoms with Crippen molar-refractivity contribution in [2.24, 2.45) is 5.92 Å². The molecule has 0 saturated carbocycles. The van der Waals surface area contributed by atoms with Gasteiger partial charge in [-0.3, -0.25) is 4.79 Å². The highest BCUT2D eigenvalue weighted by molar-refractivity contribution is 5.85. The number of nitrogens with two attached hydrogens (primary N) is 1. The Labute approximate surface area is 87.5 Å². The van der Waals surface area contributed by atoms with Crippen LogP contribution in [0, 0.1) is 5.92 Å². The largest absolute Gasteiger partial charge is 0.338 e. The van der Waals surface area contributed by atoms with Crippen molar-refractivity contribution in [3.8, 4) is 0 Å². The number of hydrogen-bond acceptors (Lipinski definition) is 1. The first kappa shape index (κ1) is 11.7. The summed E-state index contributed by atoms with van der Waals surface area (Å²) in [5.41, 5.74) is 0. The van der Waals surface area contributed by atoms with E-state index in [9.17, 15) is 4.79 Å². The monoisotopic (exact) mass is 198 g/mol. The number of rotatable bonds is 6. The first-order chi connectivity index (χ1) is 6.79. The van der Waals surface area contributed by atoms with Crippen LogP contribution in [0.1, 0.15) is 52.4 Å². The second-order valence-corrected chi connectivity index (χ2v) is 4.45. The van der Waals surface area contributed by atoms with Gasteiger partial charge in [0.1, 0.15) is 6.04 Å². The van der Waals surface area contributed by atoms with Crippen LogP contribution in [0.2, 0.25) is 0 Å². The van der Waals surface area contributed by atoms with E-state index in [-0.39, 0.29) is 0 Å². The Morgan fingerprint density at radius 2 is 2.00 bits per heavy atom. The molecule has 0 radical (unpaired) electrons. The summed E-state index contributed by atoms with van der Waals surface area (Å²) in [6, 6.07) is 0.304. The highest BCUT2D eigenvalue weighted by atomic mass is 16.1. The predicted octanol–water partition coefficient (Wildman–Crippen LogP) is 1.50. The van der Waals surface area contributed by atoms with Crippen molar-refractivity contribution in [2.45, 2.75) is 58.4 Å². The molecule has 2 N–H and O–H groups in total. The summed E-state index contributed by atoms with van der Waals surface area (Å²) in [6.07, 6.45) is 6.81. The number of quaternary nitrogens is 1. The summed E-state index contributed by atoms with van der Waals surface area (Å²) < 4.78 is 0. The molecule has 1 saturated heterocycles. The molecule has 0 aliphatic carbocycles. The van der Waals surface area contributed by atoms with E-state index in [1.54, 1.807) is 0 Å². The fourth-order valence-corrected chi connectivity index (χ4v) is 2.46. The van der Waals surface area contributed by atoms with Gasteiger partial charge in [0, 0.05) is 18.8 Å². The van der Waals surface area contributed by atoms with Gasteiger partial charge in [0.2, 0.25) is 0 Å². The van der Waals surface area contributed by atoms with Crippen molar-refractivity contribution < 1.29 is 10.1 Å².